The van der Waals surface area contributed by atoms with Gasteiger partial charge in [0.05, 0.1) is 12.0 Å². The average molecular weight is 577 g/mol. The molecule has 2 aromatic rings. The topological polar surface area (TPSA) is 110 Å². The third kappa shape index (κ3) is 7.23. The van der Waals surface area contributed by atoms with Gasteiger partial charge in [0, 0.05) is 31.9 Å². The van der Waals surface area contributed by atoms with Crippen LogP contribution in [0.15, 0.2) is 47.4 Å². The predicted octanol–water partition coefficient (Wildman–Crippen LogP) is 3.83. The minimum absolute atomic E-state index is 0.0532. The van der Waals surface area contributed by atoms with Gasteiger partial charge in [-0.3, -0.25) is 19.2 Å². The highest BCUT2D eigenvalue weighted by Gasteiger charge is 2.42. The molecule has 0 atom stereocenters. The summed E-state index contributed by atoms with van der Waals surface area (Å²) in [6, 6.07) is 11.5. The van der Waals surface area contributed by atoms with E-state index in [-0.39, 0.29) is 35.9 Å². The van der Waals surface area contributed by atoms with Crippen LogP contribution in [0, 0.1) is 5.41 Å². The summed E-state index contributed by atoms with van der Waals surface area (Å²) in [6.07, 6.45) is 12.3. The standard InChI is InChI=1S/C33H44N4O5/c38-29(35-26-12-2-1-3-13-26)24-37-20-8-14-27(31(37)40)30(39)36-21-17-33(18-22-36)16-7-6-11-25-10-4-5-15-28(25)42-23-9-19-34-32(33)41/h4-5,8,10,14-15,20,26H,1-3,6-7,9,11-13,16-19,21-24H2,(H,34,41)(H,35,38). The number of carbonyl (C=O) groups is 3. The Morgan fingerprint density at radius 1 is 0.929 bits per heavy atom. The zero-order valence-electron chi connectivity index (χ0n) is 24.6. The molecule has 42 heavy (non-hydrogen) atoms. The van der Waals surface area contributed by atoms with Crippen LogP contribution in [0.2, 0.25) is 0 Å². The van der Waals surface area contributed by atoms with E-state index in [0.29, 0.717) is 39.1 Å². The minimum Gasteiger partial charge on any atom is -0.493 e. The Labute approximate surface area is 248 Å². The van der Waals surface area contributed by atoms with Crippen LogP contribution in [-0.4, -0.2) is 59.5 Å². The Bertz CT molecular complexity index is 1310. The summed E-state index contributed by atoms with van der Waals surface area (Å²) in [7, 11) is 0. The summed E-state index contributed by atoms with van der Waals surface area (Å²) in [6.45, 7) is 1.81. The highest BCUT2D eigenvalue weighted by molar-refractivity contribution is 5.94. The van der Waals surface area contributed by atoms with Crippen LogP contribution in [-0.2, 0) is 22.6 Å². The molecule has 3 heterocycles. The number of piperidine rings is 1. The highest BCUT2D eigenvalue weighted by Crippen LogP contribution is 2.38. The first kappa shape index (κ1) is 29.9. The fourth-order valence-corrected chi connectivity index (χ4v) is 6.67. The quantitative estimate of drug-likeness (QED) is 0.575. The normalized spacial score (nSPS) is 20.2. The van der Waals surface area contributed by atoms with Gasteiger partial charge in [0.25, 0.3) is 11.5 Å². The molecule has 2 N–H and O–H groups in total. The molecule has 2 aliphatic heterocycles. The summed E-state index contributed by atoms with van der Waals surface area (Å²) in [4.78, 5) is 54.5. The number of amides is 3. The third-order valence-corrected chi connectivity index (χ3v) is 9.21. The van der Waals surface area contributed by atoms with Gasteiger partial charge in [-0.1, -0.05) is 43.9 Å². The van der Waals surface area contributed by atoms with Crippen molar-refractivity contribution in [2.75, 3.05) is 26.2 Å². The number of hydrogen-bond donors (Lipinski definition) is 2. The summed E-state index contributed by atoms with van der Waals surface area (Å²) in [5.74, 6) is 0.440. The first-order valence-corrected chi connectivity index (χ1v) is 15.7. The molecule has 1 aromatic heterocycles. The second-order valence-corrected chi connectivity index (χ2v) is 12.1. The van der Waals surface area contributed by atoms with Crippen LogP contribution in [0.1, 0.15) is 86.6 Å². The fraction of sp³-hybridized carbons (Fsp3) is 0.576. The second kappa shape index (κ2) is 14.0. The van der Waals surface area contributed by atoms with Crippen molar-refractivity contribution in [2.45, 2.75) is 89.6 Å². The highest BCUT2D eigenvalue weighted by atomic mass is 16.5. The molecule has 0 unspecified atom stereocenters. The van der Waals surface area contributed by atoms with Gasteiger partial charge in [-0.2, -0.15) is 0 Å². The lowest BCUT2D eigenvalue weighted by molar-refractivity contribution is -0.134. The Hall–Kier alpha value is -3.62. The van der Waals surface area contributed by atoms with E-state index in [1.165, 1.54) is 22.6 Å². The molecule has 0 radical (unpaired) electrons. The predicted molar refractivity (Wildman–Crippen MR) is 160 cm³/mol. The van der Waals surface area contributed by atoms with E-state index in [2.05, 4.69) is 16.7 Å². The van der Waals surface area contributed by atoms with Crippen LogP contribution in [0.3, 0.4) is 0 Å². The number of nitrogens with zero attached hydrogens (tertiary/aromatic N) is 2. The molecule has 5 rings (SSSR count). The number of benzene rings is 1. The van der Waals surface area contributed by atoms with Crippen molar-refractivity contribution in [3.63, 3.8) is 0 Å². The Kier molecular flexibility index (Phi) is 9.97. The molecule has 1 saturated carbocycles. The Balaban J connectivity index is 1.21. The number of rotatable bonds is 4. The van der Waals surface area contributed by atoms with Crippen molar-refractivity contribution < 1.29 is 19.1 Å². The molecule has 1 saturated heterocycles. The molecule has 226 valence electrons. The lowest BCUT2D eigenvalue weighted by atomic mass is 9.73. The zero-order valence-corrected chi connectivity index (χ0v) is 24.6. The lowest BCUT2D eigenvalue weighted by Gasteiger charge is -2.41. The van der Waals surface area contributed by atoms with Crippen LogP contribution >= 0.6 is 0 Å². The fourth-order valence-electron chi connectivity index (χ4n) is 6.67. The third-order valence-electron chi connectivity index (χ3n) is 9.21. The number of aryl methyl sites for hydroxylation is 1. The van der Waals surface area contributed by atoms with Gasteiger partial charge in [0.15, 0.2) is 0 Å². The maximum atomic E-state index is 13.5. The molecule has 1 aliphatic carbocycles. The molecule has 2 fully saturated rings. The van der Waals surface area contributed by atoms with Crippen molar-refractivity contribution in [1.29, 1.82) is 0 Å². The molecule has 9 nitrogen and oxygen atoms in total. The number of aromatic nitrogens is 1. The molecule has 9 heteroatoms. The van der Waals surface area contributed by atoms with Crippen molar-refractivity contribution in [3.8, 4) is 5.75 Å². The van der Waals surface area contributed by atoms with Gasteiger partial charge in [-0.05, 0) is 75.1 Å². The SMILES string of the molecule is O=C(Cn1cccc(C(=O)N2CCC3(CCCCc4ccccc4OCCCNC3=O)CC2)c1=O)NC1CCCCC1. The Morgan fingerprint density at radius 3 is 2.52 bits per heavy atom. The summed E-state index contributed by atoms with van der Waals surface area (Å²) < 4.78 is 7.31. The van der Waals surface area contributed by atoms with Crippen LogP contribution in [0.5, 0.6) is 5.75 Å². The number of carbonyl (C=O) groups excluding carboxylic acids is 3. The monoisotopic (exact) mass is 576 g/mol. The largest absolute Gasteiger partial charge is 0.493 e. The molecule has 3 amide bonds. The van der Waals surface area contributed by atoms with Gasteiger partial charge in [-0.25, -0.2) is 0 Å². The van der Waals surface area contributed by atoms with Crippen molar-refractivity contribution in [3.05, 3.63) is 64.1 Å². The lowest BCUT2D eigenvalue weighted by Crippen LogP contribution is -2.51. The van der Waals surface area contributed by atoms with E-state index in [1.54, 1.807) is 17.2 Å². The smallest absolute Gasteiger partial charge is 0.263 e. The van der Waals surface area contributed by atoms with Crippen molar-refractivity contribution in [2.24, 2.45) is 5.41 Å². The van der Waals surface area contributed by atoms with E-state index in [9.17, 15) is 19.2 Å². The minimum atomic E-state index is -0.528. The number of ether oxygens (including phenoxy) is 1. The van der Waals surface area contributed by atoms with Gasteiger partial charge >= 0.3 is 0 Å². The summed E-state index contributed by atoms with van der Waals surface area (Å²) >= 11 is 0. The number of nitrogens with one attached hydrogen (secondary N) is 2. The van der Waals surface area contributed by atoms with E-state index >= 15 is 0 Å². The van der Waals surface area contributed by atoms with E-state index in [0.717, 1.165) is 63.5 Å². The number of pyridine rings is 1. The first-order valence-electron chi connectivity index (χ1n) is 15.7. The van der Waals surface area contributed by atoms with Crippen LogP contribution in [0.25, 0.3) is 0 Å². The molecule has 3 aliphatic rings. The molecule has 1 spiro atoms. The summed E-state index contributed by atoms with van der Waals surface area (Å²) in [5, 5.41) is 6.17. The Morgan fingerprint density at radius 2 is 1.71 bits per heavy atom. The van der Waals surface area contributed by atoms with E-state index in [1.807, 2.05) is 18.2 Å². The van der Waals surface area contributed by atoms with Gasteiger partial charge in [-0.15, -0.1) is 0 Å². The van der Waals surface area contributed by atoms with Gasteiger partial charge in [0.1, 0.15) is 17.9 Å². The maximum absolute atomic E-state index is 13.5. The average Bonchev–Trinajstić information content (AvgIpc) is 3.02. The number of likely N-dealkylation sites (tertiary alicyclic amines) is 1. The summed E-state index contributed by atoms with van der Waals surface area (Å²) in [5.41, 5.74) is 0.283. The van der Waals surface area contributed by atoms with Crippen molar-refractivity contribution >= 4 is 17.7 Å². The van der Waals surface area contributed by atoms with Gasteiger partial charge < -0.3 is 24.8 Å². The molecular weight excluding hydrogens is 532 g/mol. The van der Waals surface area contributed by atoms with Crippen LogP contribution in [0.4, 0.5) is 0 Å². The van der Waals surface area contributed by atoms with Crippen molar-refractivity contribution in [1.82, 2.24) is 20.1 Å². The first-order chi connectivity index (χ1) is 20.4. The number of hydrogen-bond acceptors (Lipinski definition) is 5. The second-order valence-electron chi connectivity index (χ2n) is 12.1. The van der Waals surface area contributed by atoms with Crippen LogP contribution < -0.4 is 20.9 Å². The van der Waals surface area contributed by atoms with Gasteiger partial charge in [0.2, 0.25) is 11.8 Å². The zero-order chi connectivity index (χ0) is 29.4. The molecule has 0 bridgehead atoms. The maximum Gasteiger partial charge on any atom is 0.263 e. The van der Waals surface area contributed by atoms with E-state index < -0.39 is 11.0 Å². The molecule has 1 aromatic carbocycles. The molecular formula is C33H44N4O5. The number of fused-ring (bicyclic) bond motifs is 1. The number of para-hydroxylation sites is 1. The van der Waals surface area contributed by atoms with E-state index in [4.69, 9.17) is 4.74 Å².